The van der Waals surface area contributed by atoms with E-state index in [0.717, 1.165) is 0 Å². The van der Waals surface area contributed by atoms with Crippen LogP contribution < -0.4 is 19.5 Å². The lowest BCUT2D eigenvalue weighted by molar-refractivity contribution is -0.313. The van der Waals surface area contributed by atoms with Crippen LogP contribution in [0.5, 0.6) is 11.5 Å². The molecule has 2 saturated heterocycles. The molecule has 126 valence electrons. The average Bonchev–Trinajstić information content (AvgIpc) is 3.22. The summed E-state index contributed by atoms with van der Waals surface area (Å²) in [5, 5.41) is 11.5. The molecule has 3 aliphatic rings. The monoisotopic (exact) mass is 330 g/mol. The van der Waals surface area contributed by atoms with E-state index in [1.807, 2.05) is 0 Å². The van der Waals surface area contributed by atoms with Gasteiger partial charge in [0.05, 0.1) is 38.5 Å². The second kappa shape index (κ2) is 4.98. The van der Waals surface area contributed by atoms with Crippen molar-refractivity contribution < 1.29 is 28.9 Å². The number of hydrogen-bond acceptors (Lipinski definition) is 6. The SMILES string of the molecule is COc1ccc(N2C[C@@]34C=C[C@@H](O3)[C@@H](C(=O)[O-])[C@H]4C2=O)c(OC)c1. The van der Waals surface area contributed by atoms with Crippen molar-refractivity contribution in [1.82, 2.24) is 0 Å². The molecule has 3 heterocycles. The molecule has 7 heteroatoms. The highest BCUT2D eigenvalue weighted by Gasteiger charge is 2.65. The van der Waals surface area contributed by atoms with Crippen LogP contribution >= 0.6 is 0 Å². The van der Waals surface area contributed by atoms with Crippen LogP contribution in [-0.2, 0) is 14.3 Å². The zero-order chi connectivity index (χ0) is 17.1. The van der Waals surface area contributed by atoms with Crippen LogP contribution in [0.2, 0.25) is 0 Å². The number of fused-ring (bicyclic) bond motifs is 1. The fourth-order valence-electron chi connectivity index (χ4n) is 3.98. The molecule has 2 bridgehead atoms. The van der Waals surface area contributed by atoms with Crippen LogP contribution in [0.3, 0.4) is 0 Å². The Kier molecular flexibility index (Phi) is 3.11. The first-order valence-electron chi connectivity index (χ1n) is 7.62. The summed E-state index contributed by atoms with van der Waals surface area (Å²) in [5.41, 5.74) is -0.345. The molecular weight excluding hydrogens is 314 g/mol. The van der Waals surface area contributed by atoms with Crippen molar-refractivity contribution in [2.45, 2.75) is 11.7 Å². The number of methoxy groups -OCH3 is 2. The first-order valence-corrected chi connectivity index (χ1v) is 7.62. The zero-order valence-electron chi connectivity index (χ0n) is 13.2. The van der Waals surface area contributed by atoms with E-state index >= 15 is 0 Å². The number of amides is 1. The summed E-state index contributed by atoms with van der Waals surface area (Å²) in [4.78, 5) is 26.0. The van der Waals surface area contributed by atoms with Gasteiger partial charge in [-0.25, -0.2) is 0 Å². The lowest BCUT2D eigenvalue weighted by Gasteiger charge is -2.24. The molecule has 0 aliphatic carbocycles. The van der Waals surface area contributed by atoms with Gasteiger partial charge in [0.25, 0.3) is 0 Å². The number of carbonyl (C=O) groups is 2. The number of rotatable bonds is 4. The van der Waals surface area contributed by atoms with Crippen LogP contribution in [0.4, 0.5) is 5.69 Å². The van der Waals surface area contributed by atoms with Crippen LogP contribution in [0.1, 0.15) is 0 Å². The third kappa shape index (κ3) is 1.81. The van der Waals surface area contributed by atoms with Gasteiger partial charge in [0.1, 0.15) is 17.1 Å². The van der Waals surface area contributed by atoms with Crippen molar-refractivity contribution in [3.8, 4) is 11.5 Å². The number of benzene rings is 1. The van der Waals surface area contributed by atoms with E-state index in [1.165, 1.54) is 12.0 Å². The van der Waals surface area contributed by atoms with Crippen molar-refractivity contribution in [2.75, 3.05) is 25.7 Å². The Morgan fingerprint density at radius 1 is 1.38 bits per heavy atom. The van der Waals surface area contributed by atoms with Gasteiger partial charge in [-0.05, 0) is 12.1 Å². The molecule has 4 rings (SSSR count). The molecule has 0 unspecified atom stereocenters. The molecule has 2 fully saturated rings. The largest absolute Gasteiger partial charge is 0.550 e. The Morgan fingerprint density at radius 2 is 2.17 bits per heavy atom. The van der Waals surface area contributed by atoms with Crippen molar-refractivity contribution in [3.05, 3.63) is 30.4 Å². The standard InChI is InChI=1S/C17H17NO6/c1-22-9-3-4-10(12(7-9)23-2)18-8-17-6-5-11(24-17)13(16(20)21)14(17)15(18)19/h3-7,11,13-14H,8H2,1-2H3,(H,20,21)/p-1/t11-,13-,14+,17-/m1/s1. The fraction of sp³-hybridized carbons (Fsp3) is 0.412. The summed E-state index contributed by atoms with van der Waals surface area (Å²) < 4.78 is 16.4. The lowest BCUT2D eigenvalue weighted by atomic mass is 9.77. The molecule has 24 heavy (non-hydrogen) atoms. The Balaban J connectivity index is 1.74. The Labute approximate surface area is 138 Å². The van der Waals surface area contributed by atoms with E-state index in [2.05, 4.69) is 0 Å². The molecule has 7 nitrogen and oxygen atoms in total. The molecule has 0 N–H and O–H groups in total. The fourth-order valence-corrected chi connectivity index (χ4v) is 3.98. The van der Waals surface area contributed by atoms with Gasteiger partial charge in [-0.2, -0.15) is 0 Å². The van der Waals surface area contributed by atoms with Crippen molar-refractivity contribution in [2.24, 2.45) is 11.8 Å². The molecule has 1 spiro atoms. The average molecular weight is 330 g/mol. The number of anilines is 1. The molecule has 4 atom stereocenters. The van der Waals surface area contributed by atoms with Gasteiger partial charge in [0, 0.05) is 18.0 Å². The minimum absolute atomic E-state index is 0.246. The Bertz CT molecular complexity index is 759. The summed E-state index contributed by atoms with van der Waals surface area (Å²) in [7, 11) is 3.05. The maximum absolute atomic E-state index is 12.9. The number of carboxylic acids is 1. The number of carboxylic acid groups (broad SMARTS) is 1. The summed E-state index contributed by atoms with van der Waals surface area (Å²) in [6.45, 7) is 0.246. The van der Waals surface area contributed by atoms with Gasteiger partial charge >= 0.3 is 0 Å². The number of carbonyl (C=O) groups excluding carboxylic acids is 2. The minimum atomic E-state index is -1.26. The molecule has 1 amide bonds. The Morgan fingerprint density at radius 3 is 2.83 bits per heavy atom. The predicted molar refractivity (Wildman–Crippen MR) is 80.6 cm³/mol. The normalized spacial score (nSPS) is 33.0. The second-order valence-corrected chi connectivity index (χ2v) is 6.18. The van der Waals surface area contributed by atoms with Crippen LogP contribution in [0.25, 0.3) is 0 Å². The third-order valence-electron chi connectivity index (χ3n) is 5.05. The number of aliphatic carboxylic acids is 1. The van der Waals surface area contributed by atoms with E-state index in [9.17, 15) is 14.7 Å². The molecule has 0 radical (unpaired) electrons. The molecular formula is C17H16NO6-. The second-order valence-electron chi connectivity index (χ2n) is 6.18. The predicted octanol–water partition coefficient (Wildman–Crippen LogP) is -0.260. The number of nitrogens with zero attached hydrogens (tertiary/aromatic N) is 1. The van der Waals surface area contributed by atoms with Gasteiger partial charge in [0.15, 0.2) is 0 Å². The molecule has 0 saturated carbocycles. The van der Waals surface area contributed by atoms with Crippen molar-refractivity contribution >= 4 is 17.6 Å². The van der Waals surface area contributed by atoms with Crippen molar-refractivity contribution in [3.63, 3.8) is 0 Å². The lowest BCUT2D eigenvalue weighted by Crippen LogP contribution is -2.45. The molecule has 1 aromatic rings. The summed E-state index contributed by atoms with van der Waals surface area (Å²) in [5.74, 6) is -2.21. The quantitative estimate of drug-likeness (QED) is 0.707. The summed E-state index contributed by atoms with van der Waals surface area (Å²) in [6, 6.07) is 5.12. The highest BCUT2D eigenvalue weighted by molar-refractivity contribution is 6.03. The minimum Gasteiger partial charge on any atom is -0.550 e. The van der Waals surface area contributed by atoms with Gasteiger partial charge in [-0.15, -0.1) is 0 Å². The van der Waals surface area contributed by atoms with Crippen molar-refractivity contribution in [1.29, 1.82) is 0 Å². The molecule has 3 aliphatic heterocycles. The van der Waals surface area contributed by atoms with Crippen LogP contribution in [-0.4, -0.2) is 44.3 Å². The highest BCUT2D eigenvalue weighted by atomic mass is 16.5. The molecule has 0 aromatic heterocycles. The van der Waals surface area contributed by atoms with E-state index in [-0.39, 0.29) is 12.5 Å². The maximum Gasteiger partial charge on any atom is 0.234 e. The van der Waals surface area contributed by atoms with Gasteiger partial charge in [0.2, 0.25) is 5.91 Å². The van der Waals surface area contributed by atoms with Gasteiger partial charge in [-0.1, -0.05) is 12.2 Å². The Hall–Kier alpha value is -2.54. The van der Waals surface area contributed by atoms with Crippen LogP contribution in [0, 0.1) is 11.8 Å². The maximum atomic E-state index is 12.9. The van der Waals surface area contributed by atoms with E-state index in [1.54, 1.807) is 37.5 Å². The van der Waals surface area contributed by atoms with E-state index in [0.29, 0.717) is 17.2 Å². The highest BCUT2D eigenvalue weighted by Crippen LogP contribution is 2.53. The number of hydrogen-bond donors (Lipinski definition) is 0. The van der Waals surface area contributed by atoms with Crippen LogP contribution in [0.15, 0.2) is 30.4 Å². The van der Waals surface area contributed by atoms with Gasteiger partial charge < -0.3 is 29.0 Å². The first-order chi connectivity index (χ1) is 11.5. The smallest absolute Gasteiger partial charge is 0.234 e. The summed E-state index contributed by atoms with van der Waals surface area (Å²) >= 11 is 0. The van der Waals surface area contributed by atoms with Gasteiger partial charge in [-0.3, -0.25) is 4.79 Å². The summed E-state index contributed by atoms with van der Waals surface area (Å²) in [6.07, 6.45) is 2.91. The van der Waals surface area contributed by atoms with E-state index in [4.69, 9.17) is 14.2 Å². The topological polar surface area (TPSA) is 88.1 Å². The number of ether oxygens (including phenoxy) is 3. The third-order valence-corrected chi connectivity index (χ3v) is 5.05. The zero-order valence-corrected chi connectivity index (χ0v) is 13.2. The van der Waals surface area contributed by atoms with E-state index < -0.39 is 29.5 Å². The molecule has 1 aromatic carbocycles. The first kappa shape index (κ1) is 15.0.